The number of aromatic nitrogens is 1. The number of benzene rings is 2. The molecule has 0 unspecified atom stereocenters. The highest BCUT2D eigenvalue weighted by molar-refractivity contribution is 6.31. The maximum Gasteiger partial charge on any atom is 0.416 e. The second-order valence-electron chi connectivity index (χ2n) is 5.99. The van der Waals surface area contributed by atoms with Crippen molar-refractivity contribution in [2.24, 2.45) is 5.73 Å². The third-order valence-electron chi connectivity index (χ3n) is 4.23. The van der Waals surface area contributed by atoms with Gasteiger partial charge in [-0.1, -0.05) is 23.7 Å². The van der Waals surface area contributed by atoms with Crippen LogP contribution in [0.2, 0.25) is 5.02 Å². The van der Waals surface area contributed by atoms with Gasteiger partial charge in [0.25, 0.3) is 0 Å². The van der Waals surface area contributed by atoms with Gasteiger partial charge in [0, 0.05) is 21.6 Å². The van der Waals surface area contributed by atoms with Crippen LogP contribution in [0, 0.1) is 0 Å². The van der Waals surface area contributed by atoms with Crippen molar-refractivity contribution < 1.29 is 13.2 Å². The molecule has 0 amide bonds. The number of unbranched alkanes of at least 4 members (excludes halogenated alkanes) is 1. The Morgan fingerprint density at radius 1 is 1.04 bits per heavy atom. The Morgan fingerprint density at radius 3 is 2.56 bits per heavy atom. The lowest BCUT2D eigenvalue weighted by Crippen LogP contribution is -2.04. The quantitative estimate of drug-likeness (QED) is 0.551. The van der Waals surface area contributed by atoms with Gasteiger partial charge in [-0.2, -0.15) is 13.2 Å². The number of halogens is 4. The summed E-state index contributed by atoms with van der Waals surface area (Å²) in [6, 6.07) is 10.8. The molecule has 25 heavy (non-hydrogen) atoms. The number of aryl methyl sites for hydroxylation is 1. The summed E-state index contributed by atoms with van der Waals surface area (Å²) < 4.78 is 39.1. The van der Waals surface area contributed by atoms with E-state index in [1.807, 2.05) is 12.1 Å². The number of nitrogens with one attached hydrogen (secondary N) is 1. The van der Waals surface area contributed by atoms with Crippen LogP contribution in [0.1, 0.15) is 24.0 Å². The predicted molar refractivity (Wildman–Crippen MR) is 95.7 cm³/mol. The lowest BCUT2D eigenvalue weighted by atomic mass is 9.99. The molecular formula is C19H18ClF3N2. The van der Waals surface area contributed by atoms with Crippen LogP contribution in [0.4, 0.5) is 13.2 Å². The van der Waals surface area contributed by atoms with Gasteiger partial charge in [-0.15, -0.1) is 0 Å². The van der Waals surface area contributed by atoms with Gasteiger partial charge in [-0.25, -0.2) is 0 Å². The molecule has 2 nitrogen and oxygen atoms in total. The number of nitrogens with two attached hydrogens (primary N) is 1. The van der Waals surface area contributed by atoms with E-state index < -0.39 is 11.7 Å². The van der Waals surface area contributed by atoms with E-state index in [4.69, 9.17) is 17.3 Å². The molecule has 132 valence electrons. The first-order valence-electron chi connectivity index (χ1n) is 8.08. The predicted octanol–water partition coefficient (Wildman–Crippen LogP) is 5.79. The zero-order valence-electron chi connectivity index (χ0n) is 13.5. The average molecular weight is 367 g/mol. The van der Waals surface area contributed by atoms with E-state index in [9.17, 15) is 13.2 Å². The van der Waals surface area contributed by atoms with Crippen molar-refractivity contribution in [2.75, 3.05) is 6.54 Å². The van der Waals surface area contributed by atoms with Crippen molar-refractivity contribution in [1.82, 2.24) is 4.98 Å². The maximum atomic E-state index is 13.0. The lowest BCUT2D eigenvalue weighted by Gasteiger charge is -2.10. The van der Waals surface area contributed by atoms with Crippen LogP contribution in [0.5, 0.6) is 0 Å². The molecule has 6 heteroatoms. The standard InChI is InChI=1S/C19H18ClF3N2/c20-14-7-8-17-16(11-14)15(6-1-2-9-24)18(25-17)12-4-3-5-13(10-12)19(21,22)23/h3-5,7-8,10-11,25H,1-2,6,9,24H2. The van der Waals surface area contributed by atoms with Crippen LogP contribution in [-0.4, -0.2) is 11.5 Å². The lowest BCUT2D eigenvalue weighted by molar-refractivity contribution is -0.137. The number of rotatable bonds is 5. The minimum Gasteiger partial charge on any atom is -0.354 e. The molecule has 0 atom stereocenters. The highest BCUT2D eigenvalue weighted by Gasteiger charge is 2.30. The minimum atomic E-state index is -4.37. The number of hydrogen-bond donors (Lipinski definition) is 2. The number of aromatic amines is 1. The molecule has 0 aliphatic rings. The van der Waals surface area contributed by atoms with E-state index in [1.165, 1.54) is 12.1 Å². The smallest absolute Gasteiger partial charge is 0.354 e. The molecule has 0 spiro atoms. The SMILES string of the molecule is NCCCCc1c(-c2cccc(C(F)(F)F)c2)[nH]c2ccc(Cl)cc12. The summed E-state index contributed by atoms with van der Waals surface area (Å²) in [6.07, 6.45) is -1.93. The van der Waals surface area contributed by atoms with E-state index in [0.717, 1.165) is 41.8 Å². The summed E-state index contributed by atoms with van der Waals surface area (Å²) in [6.45, 7) is 0.585. The molecule has 0 bridgehead atoms. The molecule has 0 saturated carbocycles. The van der Waals surface area contributed by atoms with Crippen LogP contribution in [0.15, 0.2) is 42.5 Å². The molecular weight excluding hydrogens is 349 g/mol. The van der Waals surface area contributed by atoms with Crippen LogP contribution < -0.4 is 5.73 Å². The van der Waals surface area contributed by atoms with Gasteiger partial charge in [-0.3, -0.25) is 0 Å². The number of hydrogen-bond acceptors (Lipinski definition) is 1. The van der Waals surface area contributed by atoms with Crippen molar-refractivity contribution in [3.63, 3.8) is 0 Å². The van der Waals surface area contributed by atoms with Crippen molar-refractivity contribution in [3.05, 3.63) is 58.6 Å². The summed E-state index contributed by atoms with van der Waals surface area (Å²) in [5.74, 6) is 0. The highest BCUT2D eigenvalue weighted by atomic mass is 35.5. The van der Waals surface area contributed by atoms with E-state index >= 15 is 0 Å². The Hall–Kier alpha value is -1.98. The Bertz CT molecular complexity index is 884. The van der Waals surface area contributed by atoms with E-state index in [2.05, 4.69) is 4.98 Å². The second kappa shape index (κ2) is 7.10. The number of H-pyrrole nitrogens is 1. The zero-order valence-corrected chi connectivity index (χ0v) is 14.2. The summed E-state index contributed by atoms with van der Waals surface area (Å²) >= 11 is 6.11. The van der Waals surface area contributed by atoms with Crippen LogP contribution in [0.3, 0.4) is 0 Å². The first-order chi connectivity index (χ1) is 11.9. The van der Waals surface area contributed by atoms with Gasteiger partial charge in [0.2, 0.25) is 0 Å². The topological polar surface area (TPSA) is 41.8 Å². The zero-order chi connectivity index (χ0) is 18.0. The summed E-state index contributed by atoms with van der Waals surface area (Å²) in [4.78, 5) is 3.26. The fraction of sp³-hybridized carbons (Fsp3) is 0.263. The van der Waals surface area contributed by atoms with Crippen LogP contribution in [0.25, 0.3) is 22.2 Å². The monoisotopic (exact) mass is 366 g/mol. The van der Waals surface area contributed by atoms with Crippen molar-refractivity contribution >= 4 is 22.5 Å². The molecule has 3 rings (SSSR count). The summed E-state index contributed by atoms with van der Waals surface area (Å²) in [7, 11) is 0. The molecule has 0 saturated heterocycles. The Balaban J connectivity index is 2.13. The van der Waals surface area contributed by atoms with Gasteiger partial charge in [0.15, 0.2) is 0 Å². The van der Waals surface area contributed by atoms with Gasteiger partial charge in [0.05, 0.1) is 5.56 Å². The first-order valence-corrected chi connectivity index (χ1v) is 8.46. The molecule has 2 aromatic carbocycles. The van der Waals surface area contributed by atoms with E-state index in [-0.39, 0.29) is 0 Å². The normalized spacial score (nSPS) is 12.0. The molecule has 3 aromatic rings. The average Bonchev–Trinajstić information content (AvgIpc) is 2.92. The third kappa shape index (κ3) is 3.83. The molecule has 0 aliphatic carbocycles. The summed E-state index contributed by atoms with van der Waals surface area (Å²) in [5.41, 5.74) is 7.97. The van der Waals surface area contributed by atoms with Crippen molar-refractivity contribution in [3.8, 4) is 11.3 Å². The van der Waals surface area contributed by atoms with Crippen LogP contribution in [-0.2, 0) is 12.6 Å². The fourth-order valence-electron chi connectivity index (χ4n) is 3.02. The molecule has 0 fully saturated rings. The number of alkyl halides is 3. The third-order valence-corrected chi connectivity index (χ3v) is 4.46. The van der Waals surface area contributed by atoms with Gasteiger partial charge < -0.3 is 10.7 Å². The van der Waals surface area contributed by atoms with Crippen molar-refractivity contribution in [1.29, 1.82) is 0 Å². The molecule has 1 heterocycles. The largest absolute Gasteiger partial charge is 0.416 e. The fourth-order valence-corrected chi connectivity index (χ4v) is 3.20. The Morgan fingerprint density at radius 2 is 1.84 bits per heavy atom. The van der Waals surface area contributed by atoms with Gasteiger partial charge in [-0.05, 0) is 67.3 Å². The first kappa shape index (κ1) is 17.8. The Labute approximate surface area is 148 Å². The maximum absolute atomic E-state index is 13.0. The van der Waals surface area contributed by atoms with Crippen LogP contribution >= 0.6 is 11.6 Å². The number of fused-ring (bicyclic) bond motifs is 1. The van der Waals surface area contributed by atoms with Gasteiger partial charge >= 0.3 is 6.18 Å². The molecule has 0 radical (unpaired) electrons. The van der Waals surface area contributed by atoms with Gasteiger partial charge in [0.1, 0.15) is 0 Å². The molecule has 1 aromatic heterocycles. The van der Waals surface area contributed by atoms with Crippen molar-refractivity contribution in [2.45, 2.75) is 25.4 Å². The Kier molecular flexibility index (Phi) is 5.06. The minimum absolute atomic E-state index is 0.518. The second-order valence-corrected chi connectivity index (χ2v) is 6.43. The van der Waals surface area contributed by atoms with E-state index in [0.29, 0.717) is 22.8 Å². The highest BCUT2D eigenvalue weighted by Crippen LogP contribution is 2.36. The van der Waals surface area contributed by atoms with E-state index in [1.54, 1.807) is 12.1 Å². The molecule has 3 N–H and O–H groups in total. The summed E-state index contributed by atoms with van der Waals surface area (Å²) in [5, 5.41) is 1.54. The molecule has 0 aliphatic heterocycles.